The smallest absolute Gasteiger partial charge is 0.261 e. The Kier molecular flexibility index (Phi) is 11.8. The van der Waals surface area contributed by atoms with Crippen LogP contribution in [0.3, 0.4) is 0 Å². The average Bonchev–Trinajstić information content (AvgIpc) is 2.81. The van der Waals surface area contributed by atoms with Gasteiger partial charge in [-0.05, 0) is 29.2 Å². The van der Waals surface area contributed by atoms with Crippen LogP contribution in [0, 0.1) is 11.3 Å². The van der Waals surface area contributed by atoms with Gasteiger partial charge in [0.05, 0.1) is 0 Å². The molecule has 2 rings (SSSR count). The summed E-state index contributed by atoms with van der Waals surface area (Å²) in [5.74, 6) is -0.287. The van der Waals surface area contributed by atoms with E-state index < -0.39 is 0 Å². The van der Waals surface area contributed by atoms with Crippen LogP contribution in [0.1, 0.15) is 76.7 Å². The molecule has 0 radical (unpaired) electrons. The zero-order chi connectivity index (χ0) is 22.2. The fraction of sp³-hybridized carbons (Fsp3) is 0.429. The number of nitrogens with zero attached hydrogens (tertiary/aromatic N) is 1. The molecular weight excluding hydrogens is 380 g/mol. The fourth-order valence-electron chi connectivity index (χ4n) is 3.63. The Labute approximate surface area is 188 Å². The molecule has 3 heteroatoms. The van der Waals surface area contributed by atoms with Crippen molar-refractivity contribution < 1.29 is 4.79 Å². The summed E-state index contributed by atoms with van der Waals surface area (Å²) in [5.41, 5.74) is 3.26. The van der Waals surface area contributed by atoms with Gasteiger partial charge >= 0.3 is 0 Å². The number of amides is 1. The number of rotatable bonds is 14. The zero-order valence-electron chi connectivity index (χ0n) is 18.9. The predicted octanol–water partition coefficient (Wildman–Crippen LogP) is 7.30. The molecule has 0 spiro atoms. The summed E-state index contributed by atoms with van der Waals surface area (Å²) in [6, 6.07) is 20.1. The molecule has 0 unspecified atom stereocenters. The van der Waals surface area contributed by atoms with Crippen molar-refractivity contribution in [2.75, 3.05) is 6.54 Å². The first-order valence-corrected chi connectivity index (χ1v) is 11.8. The van der Waals surface area contributed by atoms with Gasteiger partial charge in [-0.25, -0.2) is 0 Å². The number of benzene rings is 2. The van der Waals surface area contributed by atoms with Crippen molar-refractivity contribution in [3.63, 3.8) is 0 Å². The van der Waals surface area contributed by atoms with Crippen molar-refractivity contribution in [2.45, 2.75) is 71.1 Å². The van der Waals surface area contributed by atoms with Crippen LogP contribution < -0.4 is 5.32 Å². The normalized spacial score (nSPS) is 11.2. The lowest BCUT2D eigenvalue weighted by Gasteiger charge is -2.05. The topological polar surface area (TPSA) is 52.9 Å². The molecule has 0 atom stereocenters. The molecule has 0 saturated carbocycles. The molecule has 164 valence electrons. The van der Waals surface area contributed by atoms with Crippen molar-refractivity contribution in [3.8, 4) is 17.2 Å². The van der Waals surface area contributed by atoms with E-state index >= 15 is 0 Å². The van der Waals surface area contributed by atoms with E-state index in [0.29, 0.717) is 6.54 Å². The quantitative estimate of drug-likeness (QED) is 0.199. The highest BCUT2D eigenvalue weighted by Crippen LogP contribution is 2.20. The second kappa shape index (κ2) is 15.0. The van der Waals surface area contributed by atoms with Crippen LogP contribution in [0.4, 0.5) is 0 Å². The molecule has 0 aromatic heterocycles. The van der Waals surface area contributed by atoms with Gasteiger partial charge in [-0.2, -0.15) is 5.26 Å². The maximum Gasteiger partial charge on any atom is 0.261 e. The molecule has 1 amide bonds. The van der Waals surface area contributed by atoms with Gasteiger partial charge in [-0.1, -0.05) is 119 Å². The lowest BCUT2D eigenvalue weighted by molar-refractivity contribution is -0.117. The maximum absolute atomic E-state index is 12.3. The molecule has 0 saturated heterocycles. The SMILES string of the molecule is CCCCCCCCCCCCNC(=O)/C(C#N)=C/c1ccc(-c2ccccc2)cc1. The lowest BCUT2D eigenvalue weighted by atomic mass is 10.0. The second-order valence-corrected chi connectivity index (χ2v) is 8.10. The van der Waals surface area contributed by atoms with Crippen LogP contribution in [-0.4, -0.2) is 12.5 Å². The predicted molar refractivity (Wildman–Crippen MR) is 130 cm³/mol. The molecule has 0 aliphatic rings. The second-order valence-electron chi connectivity index (χ2n) is 8.10. The van der Waals surface area contributed by atoms with E-state index in [4.69, 9.17) is 0 Å². The number of carbonyl (C=O) groups is 1. The Morgan fingerprint density at radius 3 is 1.94 bits per heavy atom. The third kappa shape index (κ3) is 9.66. The summed E-state index contributed by atoms with van der Waals surface area (Å²) in [4.78, 5) is 12.3. The highest BCUT2D eigenvalue weighted by Gasteiger charge is 2.08. The van der Waals surface area contributed by atoms with Gasteiger partial charge in [-0.15, -0.1) is 0 Å². The highest BCUT2D eigenvalue weighted by atomic mass is 16.1. The lowest BCUT2D eigenvalue weighted by Crippen LogP contribution is -2.25. The Hall–Kier alpha value is -2.86. The summed E-state index contributed by atoms with van der Waals surface area (Å²) in [6.45, 7) is 2.87. The molecule has 1 N–H and O–H groups in total. The minimum absolute atomic E-state index is 0.152. The molecule has 31 heavy (non-hydrogen) atoms. The number of carbonyl (C=O) groups excluding carboxylic acids is 1. The standard InChI is InChI=1S/C28H36N2O/c1-2-3-4-5-6-7-8-9-10-14-21-30-28(31)27(23-29)22-24-17-19-26(20-18-24)25-15-12-11-13-16-25/h11-13,15-20,22H,2-10,14,21H2,1H3,(H,30,31)/b27-22+. The number of hydrogen-bond acceptors (Lipinski definition) is 2. The zero-order valence-corrected chi connectivity index (χ0v) is 18.9. The van der Waals surface area contributed by atoms with Crippen molar-refractivity contribution in [1.82, 2.24) is 5.32 Å². The van der Waals surface area contributed by atoms with Gasteiger partial charge in [0.15, 0.2) is 0 Å². The van der Waals surface area contributed by atoms with E-state index in [1.54, 1.807) is 6.08 Å². The fourth-order valence-corrected chi connectivity index (χ4v) is 3.63. The number of nitrogens with one attached hydrogen (secondary N) is 1. The van der Waals surface area contributed by atoms with Crippen LogP contribution in [0.15, 0.2) is 60.2 Å². The van der Waals surface area contributed by atoms with Gasteiger partial charge in [0, 0.05) is 6.54 Å². The van der Waals surface area contributed by atoms with Crippen molar-refractivity contribution in [1.29, 1.82) is 5.26 Å². The molecule has 3 nitrogen and oxygen atoms in total. The monoisotopic (exact) mass is 416 g/mol. The molecule has 0 heterocycles. The van der Waals surface area contributed by atoms with Gasteiger partial charge in [0.25, 0.3) is 5.91 Å². The minimum atomic E-state index is -0.287. The summed E-state index contributed by atoms with van der Waals surface area (Å²) >= 11 is 0. The van der Waals surface area contributed by atoms with Crippen molar-refractivity contribution in [3.05, 3.63) is 65.7 Å². The summed E-state index contributed by atoms with van der Waals surface area (Å²) in [5, 5.41) is 12.3. The Morgan fingerprint density at radius 1 is 0.806 bits per heavy atom. The van der Waals surface area contributed by atoms with E-state index in [1.165, 1.54) is 51.4 Å². The van der Waals surface area contributed by atoms with E-state index in [1.807, 2.05) is 48.5 Å². The number of unbranched alkanes of at least 4 members (excludes halogenated alkanes) is 9. The highest BCUT2D eigenvalue weighted by molar-refractivity contribution is 6.01. The van der Waals surface area contributed by atoms with Crippen LogP contribution >= 0.6 is 0 Å². The molecule has 0 fully saturated rings. The van der Waals surface area contributed by atoms with E-state index in [-0.39, 0.29) is 11.5 Å². The van der Waals surface area contributed by atoms with Crippen molar-refractivity contribution in [2.24, 2.45) is 0 Å². The minimum Gasteiger partial charge on any atom is -0.351 e. The first-order valence-electron chi connectivity index (χ1n) is 11.8. The summed E-state index contributed by atoms with van der Waals surface area (Å²) in [6.07, 6.45) is 14.3. The third-order valence-electron chi connectivity index (χ3n) is 5.51. The molecule has 2 aromatic carbocycles. The number of hydrogen-bond donors (Lipinski definition) is 1. The Balaban J connectivity index is 1.68. The maximum atomic E-state index is 12.3. The molecule has 0 bridgehead atoms. The van der Waals surface area contributed by atoms with Crippen molar-refractivity contribution >= 4 is 12.0 Å². The van der Waals surface area contributed by atoms with E-state index in [0.717, 1.165) is 29.5 Å². The molecular formula is C28H36N2O. The summed E-state index contributed by atoms with van der Waals surface area (Å²) < 4.78 is 0. The van der Waals surface area contributed by atoms with Gasteiger partial charge < -0.3 is 5.32 Å². The Bertz CT molecular complexity index is 832. The van der Waals surface area contributed by atoms with Crippen LogP contribution in [0.5, 0.6) is 0 Å². The first kappa shape index (κ1) is 24.4. The van der Waals surface area contributed by atoms with E-state index in [2.05, 4.69) is 24.4 Å². The van der Waals surface area contributed by atoms with Crippen LogP contribution in [0.25, 0.3) is 17.2 Å². The number of nitriles is 1. The molecule has 2 aromatic rings. The average molecular weight is 417 g/mol. The van der Waals surface area contributed by atoms with Gasteiger partial charge in [-0.3, -0.25) is 4.79 Å². The Morgan fingerprint density at radius 2 is 1.35 bits per heavy atom. The van der Waals surface area contributed by atoms with Crippen LogP contribution in [-0.2, 0) is 4.79 Å². The third-order valence-corrected chi connectivity index (χ3v) is 5.51. The van der Waals surface area contributed by atoms with E-state index in [9.17, 15) is 10.1 Å². The molecule has 0 aliphatic carbocycles. The largest absolute Gasteiger partial charge is 0.351 e. The van der Waals surface area contributed by atoms with Gasteiger partial charge in [0.1, 0.15) is 11.6 Å². The summed E-state index contributed by atoms with van der Waals surface area (Å²) in [7, 11) is 0. The van der Waals surface area contributed by atoms with Crippen LogP contribution in [0.2, 0.25) is 0 Å². The molecule has 0 aliphatic heterocycles. The first-order chi connectivity index (χ1) is 15.2. The van der Waals surface area contributed by atoms with Gasteiger partial charge in [0.2, 0.25) is 0 Å².